The molecular formula is C12H12N4O2. The summed E-state index contributed by atoms with van der Waals surface area (Å²) in [6.07, 6.45) is 2.30. The van der Waals surface area contributed by atoms with Gasteiger partial charge in [0.25, 0.3) is 0 Å². The Morgan fingerprint density at radius 2 is 2.06 bits per heavy atom. The fourth-order valence-electron chi connectivity index (χ4n) is 1.88. The predicted octanol–water partition coefficient (Wildman–Crippen LogP) is 1.30. The molecule has 1 aliphatic carbocycles. The predicted molar refractivity (Wildman–Crippen MR) is 62.3 cm³/mol. The molecule has 0 aliphatic heterocycles. The second-order valence-corrected chi connectivity index (χ2v) is 4.47. The average Bonchev–Trinajstić information content (AvgIpc) is 3.11. The number of carbonyl (C=O) groups is 1. The molecule has 6 nitrogen and oxygen atoms in total. The van der Waals surface area contributed by atoms with Crippen LogP contribution in [0, 0.1) is 0 Å². The Morgan fingerprint density at radius 3 is 2.67 bits per heavy atom. The van der Waals surface area contributed by atoms with E-state index in [4.69, 9.17) is 5.11 Å². The fraction of sp³-hybridized carbons (Fsp3) is 0.333. The van der Waals surface area contributed by atoms with Crippen molar-refractivity contribution in [1.82, 2.24) is 20.2 Å². The molecule has 1 saturated carbocycles. The van der Waals surface area contributed by atoms with Crippen molar-refractivity contribution in [3.05, 3.63) is 41.2 Å². The zero-order chi connectivity index (χ0) is 12.5. The van der Waals surface area contributed by atoms with E-state index in [-0.39, 0.29) is 5.56 Å². The zero-order valence-corrected chi connectivity index (χ0v) is 9.65. The van der Waals surface area contributed by atoms with Gasteiger partial charge in [0.1, 0.15) is 0 Å². The van der Waals surface area contributed by atoms with E-state index >= 15 is 0 Å². The maximum atomic E-state index is 10.7. The van der Waals surface area contributed by atoms with Gasteiger partial charge in [-0.3, -0.25) is 0 Å². The van der Waals surface area contributed by atoms with Gasteiger partial charge in [-0.1, -0.05) is 12.1 Å². The Hall–Kier alpha value is -2.24. The van der Waals surface area contributed by atoms with Crippen molar-refractivity contribution in [2.45, 2.75) is 25.3 Å². The van der Waals surface area contributed by atoms with Crippen molar-refractivity contribution in [1.29, 1.82) is 0 Å². The largest absolute Gasteiger partial charge is 0.478 e. The van der Waals surface area contributed by atoms with E-state index in [1.807, 2.05) is 0 Å². The van der Waals surface area contributed by atoms with Crippen LogP contribution in [-0.4, -0.2) is 31.3 Å². The normalized spacial score (nSPS) is 14.7. The molecule has 1 N–H and O–H groups in total. The van der Waals surface area contributed by atoms with Gasteiger partial charge in [-0.2, -0.15) is 0 Å². The van der Waals surface area contributed by atoms with Crippen LogP contribution in [0.15, 0.2) is 24.3 Å². The zero-order valence-electron chi connectivity index (χ0n) is 9.65. The third-order valence-electron chi connectivity index (χ3n) is 3.04. The number of nitrogens with zero attached hydrogens (tertiary/aromatic N) is 4. The van der Waals surface area contributed by atoms with Crippen LogP contribution >= 0.6 is 0 Å². The van der Waals surface area contributed by atoms with Gasteiger partial charge in [0.2, 0.25) is 0 Å². The lowest BCUT2D eigenvalue weighted by atomic mass is 10.1. The minimum absolute atomic E-state index is 0.290. The SMILES string of the molecule is O=C(O)c1ccc(Cn2nnnc2C2CC2)cc1. The van der Waals surface area contributed by atoms with E-state index in [1.165, 1.54) is 0 Å². The van der Waals surface area contributed by atoms with Crippen LogP contribution in [0.1, 0.15) is 40.5 Å². The first kappa shape index (κ1) is 10.9. The summed E-state index contributed by atoms with van der Waals surface area (Å²) in [5, 5.41) is 20.5. The van der Waals surface area contributed by atoms with E-state index in [2.05, 4.69) is 15.5 Å². The summed E-state index contributed by atoms with van der Waals surface area (Å²) >= 11 is 0. The van der Waals surface area contributed by atoms with Gasteiger partial charge < -0.3 is 5.11 Å². The number of carboxylic acids is 1. The van der Waals surface area contributed by atoms with Crippen LogP contribution < -0.4 is 0 Å². The van der Waals surface area contributed by atoms with Crippen molar-refractivity contribution in [2.24, 2.45) is 0 Å². The molecular weight excluding hydrogens is 232 g/mol. The van der Waals surface area contributed by atoms with Crippen LogP contribution in [-0.2, 0) is 6.54 Å². The highest BCUT2D eigenvalue weighted by atomic mass is 16.4. The molecule has 0 amide bonds. The van der Waals surface area contributed by atoms with Gasteiger partial charge in [-0.25, -0.2) is 9.48 Å². The van der Waals surface area contributed by atoms with E-state index in [1.54, 1.807) is 28.9 Å². The molecule has 1 aromatic heterocycles. The van der Waals surface area contributed by atoms with Gasteiger partial charge in [-0.15, -0.1) is 5.10 Å². The van der Waals surface area contributed by atoms with Crippen molar-refractivity contribution in [3.8, 4) is 0 Å². The first-order valence-electron chi connectivity index (χ1n) is 5.82. The van der Waals surface area contributed by atoms with E-state index < -0.39 is 5.97 Å². The lowest BCUT2D eigenvalue weighted by molar-refractivity contribution is 0.0697. The van der Waals surface area contributed by atoms with Crippen molar-refractivity contribution >= 4 is 5.97 Å². The van der Waals surface area contributed by atoms with Gasteiger partial charge in [0, 0.05) is 5.92 Å². The summed E-state index contributed by atoms with van der Waals surface area (Å²) in [5.41, 5.74) is 1.28. The summed E-state index contributed by atoms with van der Waals surface area (Å²) in [4.78, 5) is 10.7. The molecule has 0 unspecified atom stereocenters. The maximum absolute atomic E-state index is 10.7. The molecule has 1 aliphatic rings. The third kappa shape index (κ3) is 2.09. The first-order valence-corrected chi connectivity index (χ1v) is 5.82. The van der Waals surface area contributed by atoms with E-state index in [9.17, 15) is 4.79 Å². The summed E-state index contributed by atoms with van der Waals surface area (Å²) < 4.78 is 1.79. The number of tetrazole rings is 1. The molecule has 1 heterocycles. The van der Waals surface area contributed by atoms with E-state index in [0.717, 1.165) is 24.2 Å². The molecule has 0 spiro atoms. The van der Waals surface area contributed by atoms with Crippen molar-refractivity contribution < 1.29 is 9.90 Å². The average molecular weight is 244 g/mol. The molecule has 0 atom stereocenters. The summed E-state index contributed by atoms with van der Waals surface area (Å²) in [7, 11) is 0. The number of rotatable bonds is 4. The minimum atomic E-state index is -0.914. The molecule has 18 heavy (non-hydrogen) atoms. The van der Waals surface area contributed by atoms with Crippen molar-refractivity contribution in [3.63, 3.8) is 0 Å². The van der Waals surface area contributed by atoms with Gasteiger partial charge in [0.05, 0.1) is 12.1 Å². The van der Waals surface area contributed by atoms with Gasteiger partial charge in [-0.05, 0) is 41.0 Å². The molecule has 0 radical (unpaired) electrons. The fourth-order valence-corrected chi connectivity index (χ4v) is 1.88. The third-order valence-corrected chi connectivity index (χ3v) is 3.04. The number of hydrogen-bond acceptors (Lipinski definition) is 4. The maximum Gasteiger partial charge on any atom is 0.335 e. The number of carboxylic acid groups (broad SMARTS) is 1. The van der Waals surface area contributed by atoms with Gasteiger partial charge in [0.15, 0.2) is 5.82 Å². The molecule has 3 rings (SSSR count). The second-order valence-electron chi connectivity index (χ2n) is 4.47. The van der Waals surface area contributed by atoms with Gasteiger partial charge >= 0.3 is 5.97 Å². The number of aromatic nitrogens is 4. The minimum Gasteiger partial charge on any atom is -0.478 e. The Kier molecular flexibility index (Phi) is 2.55. The number of benzene rings is 1. The highest BCUT2D eigenvalue weighted by Gasteiger charge is 2.29. The van der Waals surface area contributed by atoms with Crippen LogP contribution in [0.3, 0.4) is 0 Å². The van der Waals surface area contributed by atoms with Crippen molar-refractivity contribution in [2.75, 3.05) is 0 Å². The molecule has 92 valence electrons. The monoisotopic (exact) mass is 244 g/mol. The summed E-state index contributed by atoms with van der Waals surface area (Å²) in [5.74, 6) is 0.512. The molecule has 0 saturated heterocycles. The molecule has 1 fully saturated rings. The highest BCUT2D eigenvalue weighted by Crippen LogP contribution is 2.38. The Bertz CT molecular complexity index is 572. The standard InChI is InChI=1S/C12H12N4O2/c17-12(18)10-3-1-8(2-4-10)7-16-11(9-5-6-9)13-14-15-16/h1-4,9H,5-7H2,(H,17,18). The topological polar surface area (TPSA) is 80.9 Å². The van der Waals surface area contributed by atoms with Crippen LogP contribution in [0.5, 0.6) is 0 Å². The molecule has 6 heteroatoms. The lowest BCUT2D eigenvalue weighted by Gasteiger charge is -2.04. The Balaban J connectivity index is 1.79. The highest BCUT2D eigenvalue weighted by molar-refractivity contribution is 5.87. The second kappa shape index (κ2) is 4.21. The quantitative estimate of drug-likeness (QED) is 0.876. The first-order chi connectivity index (χ1) is 8.74. The Labute approximate surface area is 103 Å². The van der Waals surface area contributed by atoms with Crippen LogP contribution in [0.25, 0.3) is 0 Å². The molecule has 2 aromatic rings. The summed E-state index contributed by atoms with van der Waals surface area (Å²) in [6, 6.07) is 6.78. The van der Waals surface area contributed by atoms with E-state index in [0.29, 0.717) is 12.5 Å². The molecule has 1 aromatic carbocycles. The molecule has 0 bridgehead atoms. The Morgan fingerprint density at radius 1 is 1.33 bits per heavy atom. The lowest BCUT2D eigenvalue weighted by Crippen LogP contribution is -2.06. The number of hydrogen-bond donors (Lipinski definition) is 1. The summed E-state index contributed by atoms with van der Waals surface area (Å²) in [6.45, 7) is 0.582. The number of aromatic carboxylic acids is 1. The van der Waals surface area contributed by atoms with Crippen LogP contribution in [0.2, 0.25) is 0 Å². The van der Waals surface area contributed by atoms with Crippen LogP contribution in [0.4, 0.5) is 0 Å². The smallest absolute Gasteiger partial charge is 0.335 e.